The Morgan fingerprint density at radius 3 is 2.45 bits per heavy atom. The molecule has 0 aromatic heterocycles. The van der Waals surface area contributed by atoms with E-state index < -0.39 is 69.9 Å². The Kier molecular flexibility index (Phi) is 8.46. The third-order valence-electron chi connectivity index (χ3n) is 12.0. The second-order valence-corrected chi connectivity index (χ2v) is 15.1. The highest BCUT2D eigenvalue weighted by Crippen LogP contribution is 2.76. The molecule has 8 nitrogen and oxygen atoms in total. The van der Waals surface area contributed by atoms with E-state index in [0.29, 0.717) is 68.9 Å². The number of nitrogens with zero attached hydrogens (tertiary/aromatic N) is 1. The molecule has 9 atom stereocenters. The lowest BCUT2D eigenvalue weighted by molar-refractivity contribution is -0.458. The van der Waals surface area contributed by atoms with E-state index in [9.17, 15) is 24.9 Å². The lowest BCUT2D eigenvalue weighted by Gasteiger charge is -2.74. The van der Waals surface area contributed by atoms with Crippen LogP contribution in [0.4, 0.5) is 5.69 Å². The average molecular weight is 651 g/mol. The topological polar surface area (TPSA) is 117 Å². The smallest absolute Gasteiger partial charge is 0.306 e. The average Bonchev–Trinajstić information content (AvgIpc) is 3.10. The minimum absolute atomic E-state index is 0.0433. The highest BCUT2D eigenvalue weighted by molar-refractivity contribution is 6.18. The Morgan fingerprint density at radius 1 is 1.11 bits per heavy atom. The number of Topliss-reactive ketones (excluding diaryl/α,β-unsaturated/α-hetero) is 1. The van der Waals surface area contributed by atoms with Crippen molar-refractivity contribution >= 4 is 40.6 Å². The summed E-state index contributed by atoms with van der Waals surface area (Å²) in [6.07, 6.45) is 0.347. The Labute approximate surface area is 269 Å². The van der Waals surface area contributed by atoms with Crippen LogP contribution in [0.3, 0.4) is 0 Å². The second kappa shape index (κ2) is 11.5. The molecule has 242 valence electrons. The molecule has 2 heterocycles. The van der Waals surface area contributed by atoms with Gasteiger partial charge in [0, 0.05) is 54.2 Å². The number of aryl methyl sites for hydroxylation is 1. The first-order chi connectivity index (χ1) is 20.9. The zero-order valence-corrected chi connectivity index (χ0v) is 27.2. The maximum atomic E-state index is 14.2. The van der Waals surface area contributed by atoms with E-state index in [1.807, 2.05) is 38.1 Å². The van der Waals surface area contributed by atoms with Crippen LogP contribution in [-0.2, 0) is 25.5 Å². The minimum Gasteiger partial charge on any atom is -0.460 e. The van der Waals surface area contributed by atoms with E-state index in [2.05, 4.69) is 11.5 Å². The van der Waals surface area contributed by atoms with Gasteiger partial charge in [0.1, 0.15) is 17.6 Å². The van der Waals surface area contributed by atoms with E-state index in [-0.39, 0.29) is 13.0 Å². The van der Waals surface area contributed by atoms with Gasteiger partial charge in [0.05, 0.1) is 12.7 Å². The predicted molar refractivity (Wildman–Crippen MR) is 168 cm³/mol. The van der Waals surface area contributed by atoms with Crippen LogP contribution in [0.2, 0.25) is 0 Å². The number of rotatable bonds is 10. The van der Waals surface area contributed by atoms with Crippen LogP contribution < -0.4 is 4.90 Å². The first-order valence-corrected chi connectivity index (χ1v) is 17.1. The van der Waals surface area contributed by atoms with Crippen molar-refractivity contribution in [2.45, 2.75) is 82.9 Å². The molecule has 7 rings (SSSR count). The number of benzene rings is 1. The van der Waals surface area contributed by atoms with Crippen molar-refractivity contribution in [2.24, 2.45) is 34.0 Å². The van der Waals surface area contributed by atoms with E-state index in [1.54, 1.807) is 0 Å². The predicted octanol–water partition coefficient (Wildman–Crippen LogP) is 4.23. The van der Waals surface area contributed by atoms with E-state index in [0.717, 1.165) is 11.3 Å². The van der Waals surface area contributed by atoms with Crippen LogP contribution in [0.1, 0.15) is 57.9 Å². The van der Waals surface area contributed by atoms with Crippen molar-refractivity contribution in [1.82, 2.24) is 0 Å². The molecule has 44 heavy (non-hydrogen) atoms. The van der Waals surface area contributed by atoms with E-state index in [1.165, 1.54) is 0 Å². The summed E-state index contributed by atoms with van der Waals surface area (Å²) in [5, 5.41) is 35.8. The number of carbonyl (C=O) groups excluding carboxylic acids is 2. The molecule has 3 N–H and O–H groups in total. The summed E-state index contributed by atoms with van der Waals surface area (Å²) in [5.41, 5.74) is -0.636. The second-order valence-electron chi connectivity index (χ2n) is 14.3. The summed E-state index contributed by atoms with van der Waals surface area (Å²) in [5.74, 6) is -3.58. The molecule has 0 amide bonds. The summed E-state index contributed by atoms with van der Waals surface area (Å²) >= 11 is 11.9. The number of fused-ring (bicyclic) bond motifs is 2. The number of ether oxygens (including phenoxy) is 2. The Hall–Kier alpha value is -1.68. The normalized spacial score (nSPS) is 40.0. The third-order valence-corrected chi connectivity index (χ3v) is 12.3. The molecule has 2 saturated heterocycles. The number of hydrogen-bond donors (Lipinski definition) is 3. The summed E-state index contributed by atoms with van der Waals surface area (Å²) in [6.45, 7) is 9.63. The minimum atomic E-state index is -2.25. The molecule has 0 unspecified atom stereocenters. The molecular weight excluding hydrogens is 605 g/mol. The van der Waals surface area contributed by atoms with Crippen LogP contribution in [-0.4, -0.2) is 82.6 Å². The highest BCUT2D eigenvalue weighted by atomic mass is 35.5. The van der Waals surface area contributed by atoms with Gasteiger partial charge in [0.15, 0.2) is 5.78 Å². The number of aliphatic hydroxyl groups is 3. The van der Waals surface area contributed by atoms with Crippen molar-refractivity contribution < 1.29 is 34.4 Å². The summed E-state index contributed by atoms with van der Waals surface area (Å²) in [6, 6.07) is 8.12. The van der Waals surface area contributed by atoms with Crippen molar-refractivity contribution in [1.29, 1.82) is 0 Å². The molecule has 6 aliphatic rings. The number of alkyl halides is 2. The third kappa shape index (κ3) is 4.38. The Balaban J connectivity index is 1.21. The molecule has 4 aliphatic carbocycles. The standard InChI is InChI=1S/C34H45Cl2NO7/c1-20-23-11-12-24-32-19-43-34(42,29(41)27(32)31(2,3)14-13-25(32)38)33(24,28(20)40)30(23)44-26(39)6-4-5-21-7-9-22(10-8-21)37(17-15-35)18-16-36/h7-10,23-25,27,29-30,38,41-42H,1,4-6,11-19H2,2-3H3/t23-,24-,25-,27+,29-,30+,32+,33-,34-/m0/s1. The summed E-state index contributed by atoms with van der Waals surface area (Å²) < 4.78 is 12.3. The summed E-state index contributed by atoms with van der Waals surface area (Å²) in [7, 11) is 0. The van der Waals surface area contributed by atoms with Gasteiger partial charge in [0.2, 0.25) is 5.79 Å². The number of hydrogen-bond acceptors (Lipinski definition) is 8. The van der Waals surface area contributed by atoms with Gasteiger partial charge in [-0.15, -0.1) is 23.2 Å². The first-order valence-electron chi connectivity index (χ1n) is 16.0. The molecule has 2 spiro atoms. The fraction of sp³-hybridized carbons (Fsp3) is 0.706. The first kappa shape index (κ1) is 32.3. The van der Waals surface area contributed by atoms with Gasteiger partial charge in [-0.1, -0.05) is 32.6 Å². The van der Waals surface area contributed by atoms with Gasteiger partial charge >= 0.3 is 5.97 Å². The van der Waals surface area contributed by atoms with Crippen molar-refractivity contribution in [3.63, 3.8) is 0 Å². The van der Waals surface area contributed by atoms with Gasteiger partial charge in [-0.05, 0) is 73.1 Å². The van der Waals surface area contributed by atoms with E-state index in [4.69, 9.17) is 32.7 Å². The van der Waals surface area contributed by atoms with Gasteiger partial charge in [-0.25, -0.2) is 0 Å². The number of aliphatic hydroxyl groups excluding tert-OH is 2. The van der Waals surface area contributed by atoms with Crippen molar-refractivity contribution in [2.75, 3.05) is 36.4 Å². The molecule has 0 radical (unpaired) electrons. The maximum Gasteiger partial charge on any atom is 0.306 e. The van der Waals surface area contributed by atoms with Crippen LogP contribution in [0.5, 0.6) is 0 Å². The molecule has 4 bridgehead atoms. The monoisotopic (exact) mass is 649 g/mol. The van der Waals surface area contributed by atoms with Crippen LogP contribution in [0.15, 0.2) is 36.4 Å². The summed E-state index contributed by atoms with van der Waals surface area (Å²) in [4.78, 5) is 29.8. The lowest BCUT2D eigenvalue weighted by atomic mass is 9.35. The fourth-order valence-electron chi connectivity index (χ4n) is 10.1. The zero-order valence-electron chi connectivity index (χ0n) is 25.6. The van der Waals surface area contributed by atoms with Crippen LogP contribution in [0.25, 0.3) is 0 Å². The SMILES string of the molecule is C=C1C(=O)[C@]23[C@H](OC(=O)CCCc4ccc(N(CCCl)CCCl)cc4)[C@H]1CC[C@H]2[C@@]12CO[C@@]3(O)[C@@H](O)[C@@H]1C(C)(C)CC[C@@H]2O. The molecular formula is C34H45Cl2NO7. The van der Waals surface area contributed by atoms with Crippen LogP contribution >= 0.6 is 23.2 Å². The lowest BCUT2D eigenvalue weighted by Crippen LogP contribution is -2.85. The quantitative estimate of drug-likeness (QED) is 0.196. The number of anilines is 1. The molecule has 1 aromatic rings. The number of ketones is 1. The molecule has 2 aliphatic heterocycles. The van der Waals surface area contributed by atoms with Gasteiger partial charge in [0.25, 0.3) is 0 Å². The maximum absolute atomic E-state index is 14.2. The van der Waals surface area contributed by atoms with Gasteiger partial charge in [-0.2, -0.15) is 0 Å². The largest absolute Gasteiger partial charge is 0.460 e. The van der Waals surface area contributed by atoms with Gasteiger partial charge < -0.3 is 29.7 Å². The number of esters is 1. The highest BCUT2D eigenvalue weighted by Gasteiger charge is 2.87. The van der Waals surface area contributed by atoms with Gasteiger partial charge in [-0.3, -0.25) is 9.59 Å². The van der Waals surface area contributed by atoms with Crippen molar-refractivity contribution in [3.05, 3.63) is 42.0 Å². The van der Waals surface area contributed by atoms with Crippen LogP contribution in [0, 0.1) is 34.0 Å². The van der Waals surface area contributed by atoms with E-state index >= 15 is 0 Å². The molecule has 4 saturated carbocycles. The number of carbonyl (C=O) groups is 2. The molecule has 6 fully saturated rings. The molecule has 1 aromatic carbocycles. The Morgan fingerprint density at radius 2 is 1.80 bits per heavy atom. The fourth-order valence-corrected chi connectivity index (χ4v) is 10.5. The zero-order chi connectivity index (χ0) is 31.7. The van der Waals surface area contributed by atoms with Crippen molar-refractivity contribution in [3.8, 4) is 0 Å². The Bertz CT molecular complexity index is 1300. The molecule has 10 heteroatoms. The number of halogens is 2.